The van der Waals surface area contributed by atoms with E-state index < -0.39 is 5.97 Å². The summed E-state index contributed by atoms with van der Waals surface area (Å²) in [6, 6.07) is 12.4. The normalized spacial score (nSPS) is 15.6. The summed E-state index contributed by atoms with van der Waals surface area (Å²) >= 11 is 5.87. The van der Waals surface area contributed by atoms with Crippen molar-refractivity contribution < 1.29 is 9.53 Å². The summed E-state index contributed by atoms with van der Waals surface area (Å²) < 4.78 is 8.39. The number of aromatic nitrogens is 2. The van der Waals surface area contributed by atoms with Gasteiger partial charge in [-0.15, -0.1) is 0 Å². The number of halogens is 1. The average Bonchev–Trinajstić information content (AvgIpc) is 3.09. The van der Waals surface area contributed by atoms with Crippen molar-refractivity contribution >= 4 is 40.6 Å². The van der Waals surface area contributed by atoms with E-state index in [4.69, 9.17) is 16.3 Å². The molecule has 0 amide bonds. The van der Waals surface area contributed by atoms with Crippen LogP contribution in [-0.2, 0) is 23.6 Å². The summed E-state index contributed by atoms with van der Waals surface area (Å²) in [5.74, 6) is -0.275. The minimum absolute atomic E-state index is 0.104. The number of aryl methyl sites for hydroxylation is 2. The molecule has 1 aliphatic heterocycles. The molecule has 2 heterocycles. The second kappa shape index (κ2) is 6.00. The van der Waals surface area contributed by atoms with Gasteiger partial charge in [0.15, 0.2) is 5.70 Å². The van der Waals surface area contributed by atoms with Crippen molar-refractivity contribution in [1.82, 2.24) is 9.13 Å². The van der Waals surface area contributed by atoms with Gasteiger partial charge in [0.1, 0.15) is 0 Å². The van der Waals surface area contributed by atoms with Gasteiger partial charge < -0.3 is 4.74 Å². The van der Waals surface area contributed by atoms with E-state index in [9.17, 15) is 9.59 Å². The lowest BCUT2D eigenvalue weighted by atomic mass is 10.1. The highest BCUT2D eigenvalue weighted by atomic mass is 35.5. The monoisotopic (exact) mass is 367 g/mol. The molecule has 0 atom stereocenters. The van der Waals surface area contributed by atoms with Crippen LogP contribution in [-0.4, -0.2) is 21.0 Å². The summed E-state index contributed by atoms with van der Waals surface area (Å²) in [5, 5.41) is 0.594. The van der Waals surface area contributed by atoms with Crippen LogP contribution in [0.15, 0.2) is 57.9 Å². The smallest absolute Gasteiger partial charge is 0.363 e. The molecule has 0 fully saturated rings. The summed E-state index contributed by atoms with van der Waals surface area (Å²) in [6.45, 7) is 0. The van der Waals surface area contributed by atoms with Gasteiger partial charge in [0.05, 0.1) is 11.0 Å². The fourth-order valence-corrected chi connectivity index (χ4v) is 3.02. The molecule has 1 aromatic heterocycles. The third-order valence-electron chi connectivity index (χ3n) is 4.31. The van der Waals surface area contributed by atoms with Crippen LogP contribution in [0, 0.1) is 0 Å². The molecule has 0 aliphatic carbocycles. The molecule has 1 aliphatic rings. The number of esters is 1. The standard InChI is InChI=1S/C19H14ClN3O3/c1-22-15-8-3-11(10-16(15)23(2)19(22)25)9-14-18(24)26-17(21-14)12-4-6-13(20)7-5-12/h3-10H,1-2H3. The molecule has 0 N–H and O–H groups in total. The zero-order valence-electron chi connectivity index (χ0n) is 14.1. The first kappa shape index (κ1) is 16.4. The number of rotatable bonds is 2. The molecule has 0 saturated carbocycles. The lowest BCUT2D eigenvalue weighted by Gasteiger charge is -1.98. The van der Waals surface area contributed by atoms with Crippen molar-refractivity contribution in [2.45, 2.75) is 0 Å². The second-order valence-electron chi connectivity index (χ2n) is 5.99. The number of hydrogen-bond donors (Lipinski definition) is 0. The van der Waals surface area contributed by atoms with Crippen molar-refractivity contribution in [3.63, 3.8) is 0 Å². The van der Waals surface area contributed by atoms with Crippen LogP contribution >= 0.6 is 11.6 Å². The molecular weight excluding hydrogens is 354 g/mol. The van der Waals surface area contributed by atoms with E-state index in [-0.39, 0.29) is 17.3 Å². The SMILES string of the molecule is Cn1c(=O)n(C)c2cc(C=C3N=C(c4ccc(Cl)cc4)OC3=O)ccc21. The Morgan fingerprint density at radius 2 is 1.69 bits per heavy atom. The maximum atomic E-state index is 12.1. The summed E-state index contributed by atoms with van der Waals surface area (Å²) in [7, 11) is 3.43. The molecule has 0 bridgehead atoms. The van der Waals surface area contributed by atoms with Gasteiger partial charge in [-0.3, -0.25) is 9.13 Å². The number of carbonyl (C=O) groups excluding carboxylic acids is 1. The van der Waals surface area contributed by atoms with E-state index in [0.717, 1.165) is 16.6 Å². The van der Waals surface area contributed by atoms with Gasteiger partial charge in [-0.2, -0.15) is 0 Å². The third kappa shape index (κ3) is 2.64. The topological polar surface area (TPSA) is 65.6 Å². The van der Waals surface area contributed by atoms with Crippen molar-refractivity contribution in [2.75, 3.05) is 0 Å². The number of ether oxygens (including phenoxy) is 1. The van der Waals surface area contributed by atoms with Crippen molar-refractivity contribution in [3.05, 3.63) is 74.8 Å². The number of cyclic esters (lactones) is 1. The molecule has 0 radical (unpaired) electrons. The Kier molecular flexibility index (Phi) is 3.77. The van der Waals surface area contributed by atoms with Crippen molar-refractivity contribution in [1.29, 1.82) is 0 Å². The average molecular weight is 368 g/mol. The van der Waals surface area contributed by atoms with Gasteiger partial charge in [0.2, 0.25) is 5.90 Å². The Morgan fingerprint density at radius 3 is 2.42 bits per heavy atom. The first-order valence-electron chi connectivity index (χ1n) is 7.88. The zero-order chi connectivity index (χ0) is 18.4. The largest absolute Gasteiger partial charge is 0.402 e. The van der Waals surface area contributed by atoms with Crippen LogP contribution in [0.3, 0.4) is 0 Å². The molecule has 130 valence electrons. The highest BCUT2D eigenvalue weighted by molar-refractivity contribution is 6.30. The van der Waals surface area contributed by atoms with E-state index >= 15 is 0 Å². The van der Waals surface area contributed by atoms with E-state index in [1.54, 1.807) is 53.6 Å². The quantitative estimate of drug-likeness (QED) is 0.516. The molecule has 4 rings (SSSR count). The van der Waals surface area contributed by atoms with E-state index in [1.807, 2.05) is 18.2 Å². The van der Waals surface area contributed by atoms with Gasteiger partial charge in [-0.25, -0.2) is 14.6 Å². The molecule has 3 aromatic rings. The number of aliphatic imine (C=N–C) groups is 1. The van der Waals surface area contributed by atoms with Gasteiger partial charge in [0.25, 0.3) is 0 Å². The summed E-state index contributed by atoms with van der Waals surface area (Å²) in [4.78, 5) is 28.4. The molecule has 26 heavy (non-hydrogen) atoms. The highest BCUT2D eigenvalue weighted by Crippen LogP contribution is 2.22. The second-order valence-corrected chi connectivity index (χ2v) is 6.43. The maximum absolute atomic E-state index is 12.1. The lowest BCUT2D eigenvalue weighted by molar-refractivity contribution is -0.129. The first-order chi connectivity index (χ1) is 12.4. The van der Waals surface area contributed by atoms with Gasteiger partial charge in [-0.05, 0) is 48.0 Å². The van der Waals surface area contributed by atoms with Crippen LogP contribution in [0.1, 0.15) is 11.1 Å². The van der Waals surface area contributed by atoms with Crippen LogP contribution in [0.25, 0.3) is 17.1 Å². The Labute approximate surface area is 153 Å². The molecule has 6 nitrogen and oxygen atoms in total. The molecule has 0 spiro atoms. The van der Waals surface area contributed by atoms with E-state index in [2.05, 4.69) is 4.99 Å². The predicted octanol–water partition coefficient (Wildman–Crippen LogP) is 2.87. The first-order valence-corrected chi connectivity index (χ1v) is 8.26. The molecule has 0 unspecified atom stereocenters. The zero-order valence-corrected chi connectivity index (χ0v) is 14.8. The van der Waals surface area contributed by atoms with Gasteiger partial charge in [-0.1, -0.05) is 17.7 Å². The van der Waals surface area contributed by atoms with Crippen LogP contribution in [0.2, 0.25) is 5.02 Å². The fourth-order valence-electron chi connectivity index (χ4n) is 2.90. The Hall–Kier alpha value is -3.12. The van der Waals surface area contributed by atoms with Crippen LogP contribution in [0.4, 0.5) is 0 Å². The fraction of sp³-hybridized carbons (Fsp3) is 0.105. The number of imidazole rings is 1. The minimum Gasteiger partial charge on any atom is -0.402 e. The van der Waals surface area contributed by atoms with E-state index in [1.165, 1.54) is 0 Å². The number of carbonyl (C=O) groups is 1. The Bertz CT molecular complexity index is 1170. The minimum atomic E-state index is -0.517. The third-order valence-corrected chi connectivity index (χ3v) is 4.56. The number of hydrogen-bond acceptors (Lipinski definition) is 4. The van der Waals surface area contributed by atoms with E-state index in [0.29, 0.717) is 10.6 Å². The number of benzene rings is 2. The van der Waals surface area contributed by atoms with Crippen molar-refractivity contribution in [3.8, 4) is 0 Å². The number of fused-ring (bicyclic) bond motifs is 1. The highest BCUT2D eigenvalue weighted by Gasteiger charge is 2.24. The molecule has 0 saturated heterocycles. The summed E-state index contributed by atoms with van der Waals surface area (Å²) in [6.07, 6.45) is 1.64. The summed E-state index contributed by atoms with van der Waals surface area (Å²) in [5.41, 5.74) is 3.13. The van der Waals surface area contributed by atoms with Crippen molar-refractivity contribution in [2.24, 2.45) is 19.1 Å². The Morgan fingerprint density at radius 1 is 1.00 bits per heavy atom. The van der Waals surface area contributed by atoms with Crippen LogP contribution < -0.4 is 5.69 Å². The van der Waals surface area contributed by atoms with Gasteiger partial charge in [0, 0.05) is 24.7 Å². The predicted molar refractivity (Wildman–Crippen MR) is 100 cm³/mol. The lowest BCUT2D eigenvalue weighted by Crippen LogP contribution is -2.19. The number of nitrogens with zero attached hydrogens (tertiary/aromatic N) is 3. The van der Waals surface area contributed by atoms with Gasteiger partial charge >= 0.3 is 11.7 Å². The maximum Gasteiger partial charge on any atom is 0.363 e. The molecule has 2 aromatic carbocycles. The molecule has 7 heteroatoms. The Balaban J connectivity index is 1.74. The van der Waals surface area contributed by atoms with Crippen LogP contribution in [0.5, 0.6) is 0 Å². The molecular formula is C19H14ClN3O3.